The van der Waals surface area contributed by atoms with Crippen LogP contribution in [-0.4, -0.2) is 24.9 Å². The lowest BCUT2D eigenvalue weighted by atomic mass is 10.1. The molecule has 0 aromatic heterocycles. The number of carbonyl (C=O) groups is 2. The van der Waals surface area contributed by atoms with E-state index < -0.39 is 0 Å². The van der Waals surface area contributed by atoms with Gasteiger partial charge in [0.1, 0.15) is 11.5 Å². The predicted octanol–water partition coefficient (Wildman–Crippen LogP) is 4.19. The highest BCUT2D eigenvalue weighted by molar-refractivity contribution is 5.91. The molecule has 29 heavy (non-hydrogen) atoms. The molecule has 3 rings (SSSR count). The highest BCUT2D eigenvalue weighted by atomic mass is 16.5. The monoisotopic (exact) mass is 388 g/mol. The van der Waals surface area contributed by atoms with Crippen molar-refractivity contribution < 1.29 is 14.3 Å². The van der Waals surface area contributed by atoms with Crippen LogP contribution in [0.25, 0.3) is 0 Å². The van der Waals surface area contributed by atoms with Gasteiger partial charge in [0.05, 0.1) is 6.42 Å². The Bertz CT molecular complexity index is 925. The van der Waals surface area contributed by atoms with Crippen LogP contribution in [0.4, 0.5) is 5.69 Å². The zero-order valence-corrected chi connectivity index (χ0v) is 16.4. The van der Waals surface area contributed by atoms with Gasteiger partial charge in [0.15, 0.2) is 0 Å². The molecule has 0 aliphatic heterocycles. The van der Waals surface area contributed by atoms with Crippen molar-refractivity contribution in [1.82, 2.24) is 5.32 Å². The Labute approximate surface area is 170 Å². The average molecular weight is 388 g/mol. The summed E-state index contributed by atoms with van der Waals surface area (Å²) in [5.74, 6) is 1.30. The lowest BCUT2D eigenvalue weighted by molar-refractivity contribution is -0.121. The van der Waals surface area contributed by atoms with E-state index in [1.807, 2.05) is 84.9 Å². The largest absolute Gasteiger partial charge is 0.457 e. The third-order valence-corrected chi connectivity index (χ3v) is 4.37. The summed E-state index contributed by atoms with van der Waals surface area (Å²) < 4.78 is 5.78. The molecular weight excluding hydrogens is 364 g/mol. The Morgan fingerprint density at radius 2 is 1.41 bits per heavy atom. The molecule has 1 N–H and O–H groups in total. The summed E-state index contributed by atoms with van der Waals surface area (Å²) in [6, 6.07) is 26.4. The van der Waals surface area contributed by atoms with Crippen LogP contribution in [-0.2, 0) is 16.0 Å². The van der Waals surface area contributed by atoms with Crippen LogP contribution >= 0.6 is 0 Å². The van der Waals surface area contributed by atoms with E-state index in [9.17, 15) is 9.59 Å². The fourth-order valence-electron chi connectivity index (χ4n) is 2.94. The first kappa shape index (κ1) is 20.1. The van der Waals surface area contributed by atoms with Gasteiger partial charge in [-0.1, -0.05) is 48.5 Å². The van der Waals surface area contributed by atoms with Crippen molar-refractivity contribution in [2.45, 2.75) is 13.3 Å². The number of amides is 2. The first-order chi connectivity index (χ1) is 14.1. The van der Waals surface area contributed by atoms with Crippen molar-refractivity contribution in [1.29, 1.82) is 0 Å². The number of carbonyl (C=O) groups excluding carboxylic acids is 2. The lowest BCUT2D eigenvalue weighted by Gasteiger charge is -2.21. The van der Waals surface area contributed by atoms with E-state index >= 15 is 0 Å². The second-order valence-electron chi connectivity index (χ2n) is 6.59. The maximum atomic E-state index is 12.1. The molecule has 3 aromatic carbocycles. The molecule has 3 aromatic rings. The summed E-state index contributed by atoms with van der Waals surface area (Å²) >= 11 is 0. The molecule has 5 nitrogen and oxygen atoms in total. The highest BCUT2D eigenvalue weighted by Crippen LogP contribution is 2.24. The molecule has 0 bridgehead atoms. The number of hydrogen-bond donors (Lipinski definition) is 1. The first-order valence-electron chi connectivity index (χ1n) is 9.53. The molecule has 2 amide bonds. The number of ether oxygens (including phenoxy) is 1. The smallest absolute Gasteiger partial charge is 0.224 e. The molecule has 0 saturated carbocycles. The Kier molecular flexibility index (Phi) is 7.00. The van der Waals surface area contributed by atoms with Gasteiger partial charge in [-0.25, -0.2) is 0 Å². The number of nitrogens with one attached hydrogen (secondary N) is 1. The summed E-state index contributed by atoms with van der Waals surface area (Å²) in [6.45, 7) is 2.29. The Hall–Kier alpha value is -3.60. The van der Waals surface area contributed by atoms with E-state index in [2.05, 4.69) is 5.32 Å². The standard InChI is InChI=1S/C24H24N2O3/c1-19(27)26(17-16-25-24(28)18-20-8-4-2-5-9-20)21-12-14-23(15-13-21)29-22-10-6-3-7-11-22/h2-15H,16-18H2,1H3,(H,25,28). The molecule has 0 heterocycles. The summed E-state index contributed by atoms with van der Waals surface area (Å²) in [6.07, 6.45) is 0.326. The SMILES string of the molecule is CC(=O)N(CCNC(=O)Cc1ccccc1)c1ccc(Oc2ccccc2)cc1. The molecule has 0 saturated heterocycles. The van der Waals surface area contributed by atoms with Gasteiger partial charge in [0.25, 0.3) is 0 Å². The van der Waals surface area contributed by atoms with E-state index in [0.717, 1.165) is 17.0 Å². The number of benzene rings is 3. The molecule has 0 aliphatic carbocycles. The van der Waals surface area contributed by atoms with Crippen LogP contribution in [0.1, 0.15) is 12.5 Å². The maximum Gasteiger partial charge on any atom is 0.224 e. The highest BCUT2D eigenvalue weighted by Gasteiger charge is 2.12. The summed E-state index contributed by atoms with van der Waals surface area (Å²) in [4.78, 5) is 25.8. The predicted molar refractivity (Wildman–Crippen MR) is 114 cm³/mol. The maximum absolute atomic E-state index is 12.1. The minimum Gasteiger partial charge on any atom is -0.457 e. The molecule has 148 valence electrons. The van der Waals surface area contributed by atoms with Gasteiger partial charge in [-0.3, -0.25) is 9.59 Å². The first-order valence-corrected chi connectivity index (χ1v) is 9.53. The molecule has 5 heteroatoms. The number of nitrogens with zero attached hydrogens (tertiary/aromatic N) is 1. The number of para-hydroxylation sites is 1. The van der Waals surface area contributed by atoms with Gasteiger partial charge in [0, 0.05) is 25.7 Å². The van der Waals surface area contributed by atoms with Crippen LogP contribution in [0.5, 0.6) is 11.5 Å². The van der Waals surface area contributed by atoms with Gasteiger partial charge < -0.3 is 15.0 Å². The molecule has 0 fully saturated rings. The van der Waals surface area contributed by atoms with Gasteiger partial charge in [-0.05, 0) is 42.0 Å². The topological polar surface area (TPSA) is 58.6 Å². The van der Waals surface area contributed by atoms with Crippen molar-refractivity contribution in [3.05, 3.63) is 90.5 Å². The van der Waals surface area contributed by atoms with Gasteiger partial charge in [-0.2, -0.15) is 0 Å². The van der Waals surface area contributed by atoms with Gasteiger partial charge in [0.2, 0.25) is 11.8 Å². The van der Waals surface area contributed by atoms with E-state index in [4.69, 9.17) is 4.74 Å². The van der Waals surface area contributed by atoms with Gasteiger partial charge in [-0.15, -0.1) is 0 Å². The van der Waals surface area contributed by atoms with Crippen molar-refractivity contribution >= 4 is 17.5 Å². The molecule has 0 aliphatic rings. The summed E-state index contributed by atoms with van der Waals surface area (Å²) in [7, 11) is 0. The lowest BCUT2D eigenvalue weighted by Crippen LogP contribution is -2.38. The third-order valence-electron chi connectivity index (χ3n) is 4.37. The third kappa shape index (κ3) is 6.21. The quantitative estimate of drug-likeness (QED) is 0.629. The van der Waals surface area contributed by atoms with E-state index in [1.54, 1.807) is 4.90 Å². The number of hydrogen-bond acceptors (Lipinski definition) is 3. The summed E-state index contributed by atoms with van der Waals surface area (Å²) in [5, 5.41) is 2.87. The zero-order valence-electron chi connectivity index (χ0n) is 16.4. The number of rotatable bonds is 8. The van der Waals surface area contributed by atoms with E-state index in [1.165, 1.54) is 6.92 Å². The average Bonchev–Trinajstić information content (AvgIpc) is 2.73. The van der Waals surface area contributed by atoms with Crippen molar-refractivity contribution in [2.75, 3.05) is 18.0 Å². The molecule has 0 unspecified atom stereocenters. The van der Waals surface area contributed by atoms with Crippen molar-refractivity contribution in [2.24, 2.45) is 0 Å². The Balaban J connectivity index is 1.54. The van der Waals surface area contributed by atoms with Crippen LogP contribution in [0.15, 0.2) is 84.9 Å². The minimum absolute atomic E-state index is 0.0636. The fraction of sp³-hybridized carbons (Fsp3) is 0.167. The minimum atomic E-state index is -0.0842. The Morgan fingerprint density at radius 3 is 2.03 bits per heavy atom. The number of anilines is 1. The second kappa shape index (κ2) is 10.1. The molecular formula is C24H24N2O3. The van der Waals surface area contributed by atoms with Crippen molar-refractivity contribution in [3.8, 4) is 11.5 Å². The van der Waals surface area contributed by atoms with Gasteiger partial charge >= 0.3 is 0 Å². The van der Waals surface area contributed by atoms with Crippen molar-refractivity contribution in [3.63, 3.8) is 0 Å². The fourth-order valence-corrected chi connectivity index (χ4v) is 2.94. The zero-order chi connectivity index (χ0) is 20.5. The molecule has 0 spiro atoms. The normalized spacial score (nSPS) is 10.2. The van der Waals surface area contributed by atoms with Crippen LogP contribution in [0.2, 0.25) is 0 Å². The van der Waals surface area contributed by atoms with Crippen LogP contribution < -0.4 is 15.0 Å². The van der Waals surface area contributed by atoms with Crippen LogP contribution in [0, 0.1) is 0 Å². The molecule has 0 radical (unpaired) electrons. The summed E-state index contributed by atoms with van der Waals surface area (Å²) in [5.41, 5.74) is 1.72. The molecule has 0 atom stereocenters. The second-order valence-corrected chi connectivity index (χ2v) is 6.59. The Morgan fingerprint density at radius 1 is 0.828 bits per heavy atom. The van der Waals surface area contributed by atoms with E-state index in [0.29, 0.717) is 25.3 Å². The van der Waals surface area contributed by atoms with Crippen LogP contribution in [0.3, 0.4) is 0 Å². The van der Waals surface area contributed by atoms with E-state index in [-0.39, 0.29) is 11.8 Å².